The molecule has 1 atom stereocenters. The number of likely N-dealkylation sites (N-methyl/N-ethyl adjacent to an activating group) is 1. The molecular weight excluding hydrogens is 204 g/mol. The lowest BCUT2D eigenvalue weighted by atomic mass is 10.2. The zero-order valence-electron chi connectivity index (χ0n) is 11.1. The Morgan fingerprint density at radius 1 is 1.25 bits per heavy atom. The minimum absolute atomic E-state index is 0.135. The largest absolute Gasteiger partial charge is 0.465 e. The Balaban J connectivity index is 3.82. The molecule has 1 N–H and O–H groups in total. The molecule has 4 heteroatoms. The SMILES string of the molecule is CCOC(=O)C(CC)NCCN(CC)CC. The van der Waals surface area contributed by atoms with Crippen LogP contribution in [0.2, 0.25) is 0 Å². The maximum atomic E-state index is 11.5. The van der Waals surface area contributed by atoms with E-state index in [1.54, 1.807) is 0 Å². The number of ether oxygens (including phenoxy) is 1. The molecule has 0 aromatic heterocycles. The minimum atomic E-state index is -0.157. The van der Waals surface area contributed by atoms with Gasteiger partial charge in [0, 0.05) is 13.1 Å². The van der Waals surface area contributed by atoms with E-state index in [0.717, 1.165) is 32.6 Å². The molecule has 0 aliphatic carbocycles. The highest BCUT2D eigenvalue weighted by Crippen LogP contribution is 1.95. The van der Waals surface area contributed by atoms with Gasteiger partial charge in [-0.2, -0.15) is 0 Å². The van der Waals surface area contributed by atoms with Crippen molar-refractivity contribution in [1.29, 1.82) is 0 Å². The van der Waals surface area contributed by atoms with E-state index in [0.29, 0.717) is 6.61 Å². The van der Waals surface area contributed by atoms with E-state index < -0.39 is 0 Å². The Kier molecular flexibility index (Phi) is 9.24. The van der Waals surface area contributed by atoms with Crippen molar-refractivity contribution in [2.24, 2.45) is 0 Å². The number of nitrogens with one attached hydrogen (secondary N) is 1. The molecule has 0 fully saturated rings. The maximum Gasteiger partial charge on any atom is 0.323 e. The van der Waals surface area contributed by atoms with Gasteiger partial charge in [0.05, 0.1) is 6.61 Å². The van der Waals surface area contributed by atoms with Crippen molar-refractivity contribution in [1.82, 2.24) is 10.2 Å². The van der Waals surface area contributed by atoms with Crippen LogP contribution in [0.3, 0.4) is 0 Å². The molecule has 0 aromatic rings. The zero-order valence-corrected chi connectivity index (χ0v) is 11.1. The van der Waals surface area contributed by atoms with E-state index in [9.17, 15) is 4.79 Å². The van der Waals surface area contributed by atoms with Crippen molar-refractivity contribution in [3.8, 4) is 0 Å². The number of nitrogens with zero attached hydrogens (tertiary/aromatic N) is 1. The molecular formula is C12H26N2O2. The van der Waals surface area contributed by atoms with Gasteiger partial charge in [0.15, 0.2) is 0 Å². The molecule has 0 rings (SSSR count). The topological polar surface area (TPSA) is 41.6 Å². The molecule has 1 unspecified atom stereocenters. The lowest BCUT2D eigenvalue weighted by Crippen LogP contribution is -2.41. The second kappa shape index (κ2) is 9.60. The van der Waals surface area contributed by atoms with Crippen LogP contribution in [-0.4, -0.2) is 49.7 Å². The van der Waals surface area contributed by atoms with Crippen molar-refractivity contribution in [3.05, 3.63) is 0 Å². The second-order valence-corrected chi connectivity index (χ2v) is 3.69. The Morgan fingerprint density at radius 3 is 2.31 bits per heavy atom. The fourth-order valence-electron chi connectivity index (χ4n) is 1.57. The smallest absolute Gasteiger partial charge is 0.323 e. The minimum Gasteiger partial charge on any atom is -0.465 e. The van der Waals surface area contributed by atoms with Crippen LogP contribution in [0.15, 0.2) is 0 Å². The lowest BCUT2D eigenvalue weighted by Gasteiger charge is -2.20. The van der Waals surface area contributed by atoms with Crippen molar-refractivity contribution < 1.29 is 9.53 Å². The fraction of sp³-hybridized carbons (Fsp3) is 0.917. The van der Waals surface area contributed by atoms with Crippen molar-refractivity contribution in [3.63, 3.8) is 0 Å². The van der Waals surface area contributed by atoms with Crippen LogP contribution in [-0.2, 0) is 9.53 Å². The van der Waals surface area contributed by atoms with Crippen LogP contribution in [0, 0.1) is 0 Å². The molecule has 96 valence electrons. The van der Waals surface area contributed by atoms with E-state index in [1.165, 1.54) is 0 Å². The van der Waals surface area contributed by atoms with E-state index >= 15 is 0 Å². The summed E-state index contributed by atoms with van der Waals surface area (Å²) in [5.74, 6) is -0.135. The van der Waals surface area contributed by atoms with Crippen LogP contribution in [0.25, 0.3) is 0 Å². The Labute approximate surface area is 99.3 Å². The summed E-state index contributed by atoms with van der Waals surface area (Å²) >= 11 is 0. The second-order valence-electron chi connectivity index (χ2n) is 3.69. The summed E-state index contributed by atoms with van der Waals surface area (Å²) in [6.07, 6.45) is 0.775. The van der Waals surface area contributed by atoms with Gasteiger partial charge in [-0.25, -0.2) is 0 Å². The number of esters is 1. The third-order valence-electron chi connectivity index (χ3n) is 2.69. The quantitative estimate of drug-likeness (QED) is 0.606. The summed E-state index contributed by atoms with van der Waals surface area (Å²) < 4.78 is 4.99. The summed E-state index contributed by atoms with van der Waals surface area (Å²) in [6, 6.07) is -0.157. The molecule has 0 heterocycles. The average Bonchev–Trinajstić information content (AvgIpc) is 2.30. The molecule has 0 bridgehead atoms. The predicted molar refractivity (Wildman–Crippen MR) is 66.5 cm³/mol. The van der Waals surface area contributed by atoms with Gasteiger partial charge in [-0.1, -0.05) is 20.8 Å². The van der Waals surface area contributed by atoms with Gasteiger partial charge in [0.1, 0.15) is 6.04 Å². The third kappa shape index (κ3) is 6.08. The van der Waals surface area contributed by atoms with E-state index in [2.05, 4.69) is 24.1 Å². The molecule has 0 aromatic carbocycles. The Bertz CT molecular complexity index is 182. The molecule has 0 spiro atoms. The molecule has 16 heavy (non-hydrogen) atoms. The average molecular weight is 230 g/mol. The van der Waals surface area contributed by atoms with Gasteiger partial charge in [-0.05, 0) is 26.4 Å². The van der Waals surface area contributed by atoms with Crippen LogP contribution in [0.5, 0.6) is 0 Å². The number of hydrogen-bond acceptors (Lipinski definition) is 4. The number of carbonyl (C=O) groups is 1. The maximum absolute atomic E-state index is 11.5. The highest BCUT2D eigenvalue weighted by molar-refractivity contribution is 5.75. The number of rotatable bonds is 9. The predicted octanol–water partition coefficient (Wildman–Crippen LogP) is 1.26. The van der Waals surface area contributed by atoms with Gasteiger partial charge < -0.3 is 15.0 Å². The normalized spacial score (nSPS) is 12.8. The van der Waals surface area contributed by atoms with Crippen molar-refractivity contribution in [2.45, 2.75) is 40.2 Å². The first-order chi connectivity index (χ1) is 7.69. The molecule has 0 aliphatic rings. The first kappa shape index (κ1) is 15.4. The van der Waals surface area contributed by atoms with Crippen LogP contribution >= 0.6 is 0 Å². The van der Waals surface area contributed by atoms with Crippen molar-refractivity contribution in [2.75, 3.05) is 32.8 Å². The molecule has 4 nitrogen and oxygen atoms in total. The molecule has 0 amide bonds. The lowest BCUT2D eigenvalue weighted by molar-refractivity contribution is -0.145. The van der Waals surface area contributed by atoms with E-state index in [1.807, 2.05) is 13.8 Å². The first-order valence-corrected chi connectivity index (χ1v) is 6.31. The molecule has 0 aliphatic heterocycles. The summed E-state index contributed by atoms with van der Waals surface area (Å²) in [7, 11) is 0. The summed E-state index contributed by atoms with van der Waals surface area (Å²) in [4.78, 5) is 13.8. The van der Waals surface area contributed by atoms with Gasteiger partial charge in [0.25, 0.3) is 0 Å². The Hall–Kier alpha value is -0.610. The highest BCUT2D eigenvalue weighted by Gasteiger charge is 2.16. The summed E-state index contributed by atoms with van der Waals surface area (Å²) in [5, 5.41) is 3.24. The van der Waals surface area contributed by atoms with Gasteiger partial charge in [-0.3, -0.25) is 4.79 Å². The summed E-state index contributed by atoms with van der Waals surface area (Å²) in [5.41, 5.74) is 0. The monoisotopic (exact) mass is 230 g/mol. The number of carbonyl (C=O) groups excluding carboxylic acids is 1. The Morgan fingerprint density at radius 2 is 1.88 bits per heavy atom. The van der Waals surface area contributed by atoms with Crippen LogP contribution < -0.4 is 5.32 Å². The highest BCUT2D eigenvalue weighted by atomic mass is 16.5. The fourth-order valence-corrected chi connectivity index (χ4v) is 1.57. The first-order valence-electron chi connectivity index (χ1n) is 6.31. The third-order valence-corrected chi connectivity index (χ3v) is 2.69. The van der Waals surface area contributed by atoms with Gasteiger partial charge in [0.2, 0.25) is 0 Å². The standard InChI is InChI=1S/C12H26N2O2/c1-5-11(12(15)16-8-4)13-9-10-14(6-2)7-3/h11,13H,5-10H2,1-4H3. The van der Waals surface area contributed by atoms with Crippen LogP contribution in [0.4, 0.5) is 0 Å². The van der Waals surface area contributed by atoms with E-state index in [4.69, 9.17) is 4.74 Å². The van der Waals surface area contributed by atoms with Gasteiger partial charge >= 0.3 is 5.97 Å². The van der Waals surface area contributed by atoms with Gasteiger partial charge in [-0.15, -0.1) is 0 Å². The number of hydrogen-bond donors (Lipinski definition) is 1. The molecule has 0 radical (unpaired) electrons. The summed E-state index contributed by atoms with van der Waals surface area (Å²) in [6.45, 7) is 12.5. The van der Waals surface area contributed by atoms with E-state index in [-0.39, 0.29) is 12.0 Å². The van der Waals surface area contributed by atoms with Crippen LogP contribution in [0.1, 0.15) is 34.1 Å². The zero-order chi connectivity index (χ0) is 12.4. The molecule has 0 saturated heterocycles. The van der Waals surface area contributed by atoms with Crippen molar-refractivity contribution >= 4 is 5.97 Å². The molecule has 0 saturated carbocycles.